The third-order valence-electron chi connectivity index (χ3n) is 3.87. The number of ketones is 1. The molecule has 0 aromatic heterocycles. The molecular weight excluding hydrogens is 232 g/mol. The summed E-state index contributed by atoms with van der Waals surface area (Å²) in [5, 5.41) is 0. The van der Waals surface area contributed by atoms with E-state index in [0.717, 1.165) is 51.9 Å². The van der Waals surface area contributed by atoms with Gasteiger partial charge in [0.05, 0.1) is 6.61 Å². The molecule has 0 atom stereocenters. The Kier molecular flexibility index (Phi) is 4.58. The van der Waals surface area contributed by atoms with Gasteiger partial charge in [-0.2, -0.15) is 0 Å². The lowest BCUT2D eigenvalue weighted by atomic mass is 9.93. The Morgan fingerprint density at radius 1 is 1.22 bits per heavy atom. The molecule has 2 rings (SSSR count). The first-order valence-corrected chi connectivity index (χ1v) is 6.88. The van der Waals surface area contributed by atoms with Gasteiger partial charge in [-0.3, -0.25) is 9.69 Å². The number of carbonyl (C=O) groups excluding carboxylic acids is 2. The van der Waals surface area contributed by atoms with Gasteiger partial charge in [0.1, 0.15) is 5.78 Å². The predicted molar refractivity (Wildman–Crippen MR) is 67.4 cm³/mol. The van der Waals surface area contributed by atoms with Gasteiger partial charge >= 0.3 is 6.09 Å². The van der Waals surface area contributed by atoms with Crippen LogP contribution in [0.25, 0.3) is 0 Å². The van der Waals surface area contributed by atoms with Gasteiger partial charge in [0, 0.05) is 45.1 Å². The van der Waals surface area contributed by atoms with Gasteiger partial charge < -0.3 is 9.64 Å². The third-order valence-corrected chi connectivity index (χ3v) is 3.87. The normalized spacial score (nSPS) is 23.2. The molecule has 102 valence electrons. The van der Waals surface area contributed by atoms with Gasteiger partial charge in [-0.25, -0.2) is 4.79 Å². The highest BCUT2D eigenvalue weighted by molar-refractivity contribution is 5.79. The second-order valence-electron chi connectivity index (χ2n) is 4.99. The van der Waals surface area contributed by atoms with Gasteiger partial charge in [-0.15, -0.1) is 0 Å². The molecule has 2 aliphatic rings. The van der Waals surface area contributed by atoms with Crippen molar-refractivity contribution in [3.8, 4) is 0 Å². The number of hydrogen-bond donors (Lipinski definition) is 0. The maximum atomic E-state index is 11.6. The van der Waals surface area contributed by atoms with E-state index in [9.17, 15) is 9.59 Å². The second-order valence-corrected chi connectivity index (χ2v) is 4.99. The summed E-state index contributed by atoms with van der Waals surface area (Å²) < 4.78 is 5.00. The molecule has 0 aromatic rings. The molecule has 0 bridgehead atoms. The van der Waals surface area contributed by atoms with E-state index in [1.807, 2.05) is 6.92 Å². The summed E-state index contributed by atoms with van der Waals surface area (Å²) in [6, 6.07) is 0.534. The molecule has 5 heteroatoms. The summed E-state index contributed by atoms with van der Waals surface area (Å²) in [4.78, 5) is 27.0. The molecule has 1 aliphatic heterocycles. The molecule has 0 radical (unpaired) electrons. The molecule has 1 aliphatic carbocycles. The van der Waals surface area contributed by atoms with Crippen LogP contribution in [0, 0.1) is 0 Å². The zero-order chi connectivity index (χ0) is 13.0. The Hall–Kier alpha value is -1.10. The van der Waals surface area contributed by atoms with Crippen molar-refractivity contribution in [3.63, 3.8) is 0 Å². The molecule has 0 unspecified atom stereocenters. The van der Waals surface area contributed by atoms with Crippen LogP contribution in [-0.2, 0) is 9.53 Å². The maximum Gasteiger partial charge on any atom is 0.409 e. The Bertz CT molecular complexity index is 301. The molecule has 1 saturated carbocycles. The minimum Gasteiger partial charge on any atom is -0.450 e. The van der Waals surface area contributed by atoms with Gasteiger partial charge in [-0.05, 0) is 19.8 Å². The van der Waals surface area contributed by atoms with Crippen LogP contribution in [0.15, 0.2) is 0 Å². The van der Waals surface area contributed by atoms with Crippen LogP contribution in [0.4, 0.5) is 4.79 Å². The molecule has 2 fully saturated rings. The number of hydrogen-bond acceptors (Lipinski definition) is 4. The number of ether oxygens (including phenoxy) is 1. The van der Waals surface area contributed by atoms with Crippen molar-refractivity contribution >= 4 is 11.9 Å². The van der Waals surface area contributed by atoms with E-state index in [1.54, 1.807) is 4.90 Å². The summed E-state index contributed by atoms with van der Waals surface area (Å²) in [6.45, 7) is 5.54. The highest BCUT2D eigenvalue weighted by Crippen LogP contribution is 2.21. The highest BCUT2D eigenvalue weighted by Gasteiger charge is 2.28. The van der Waals surface area contributed by atoms with Crippen molar-refractivity contribution in [2.24, 2.45) is 0 Å². The largest absolute Gasteiger partial charge is 0.450 e. The molecule has 0 N–H and O–H groups in total. The summed E-state index contributed by atoms with van der Waals surface area (Å²) >= 11 is 0. The van der Waals surface area contributed by atoms with E-state index in [2.05, 4.69) is 4.90 Å². The van der Waals surface area contributed by atoms with Crippen molar-refractivity contribution in [2.75, 3.05) is 32.8 Å². The summed E-state index contributed by atoms with van der Waals surface area (Å²) in [5.74, 6) is 0.399. The first kappa shape index (κ1) is 13.3. The first-order valence-electron chi connectivity index (χ1n) is 6.88. The lowest BCUT2D eigenvalue weighted by Gasteiger charge is -2.40. The van der Waals surface area contributed by atoms with E-state index >= 15 is 0 Å². The lowest BCUT2D eigenvalue weighted by molar-refractivity contribution is -0.121. The van der Waals surface area contributed by atoms with Crippen molar-refractivity contribution in [3.05, 3.63) is 0 Å². The topological polar surface area (TPSA) is 49.9 Å². The number of carbonyl (C=O) groups is 2. The second kappa shape index (κ2) is 6.18. The van der Waals surface area contributed by atoms with Gasteiger partial charge in [-0.1, -0.05) is 0 Å². The van der Waals surface area contributed by atoms with Crippen molar-refractivity contribution in [1.29, 1.82) is 0 Å². The molecule has 18 heavy (non-hydrogen) atoms. The molecule has 0 aromatic carbocycles. The fraction of sp³-hybridized carbons (Fsp3) is 0.846. The average molecular weight is 254 g/mol. The van der Waals surface area contributed by atoms with Crippen LogP contribution in [0.3, 0.4) is 0 Å². The molecule has 0 spiro atoms. The molecule has 1 saturated heterocycles. The number of piperazine rings is 1. The van der Waals surface area contributed by atoms with Crippen LogP contribution in [0.1, 0.15) is 32.6 Å². The summed E-state index contributed by atoms with van der Waals surface area (Å²) in [5.41, 5.74) is 0. The van der Waals surface area contributed by atoms with Crippen molar-refractivity contribution in [2.45, 2.75) is 38.6 Å². The van der Waals surface area contributed by atoms with Crippen LogP contribution < -0.4 is 0 Å². The minimum atomic E-state index is -0.198. The fourth-order valence-electron chi connectivity index (χ4n) is 2.77. The quantitative estimate of drug-likeness (QED) is 0.744. The maximum absolute atomic E-state index is 11.6. The van der Waals surface area contributed by atoms with E-state index in [0.29, 0.717) is 18.4 Å². The molecule has 1 heterocycles. The van der Waals surface area contributed by atoms with E-state index < -0.39 is 0 Å². The Morgan fingerprint density at radius 2 is 1.83 bits per heavy atom. The average Bonchev–Trinajstić information content (AvgIpc) is 2.40. The zero-order valence-corrected chi connectivity index (χ0v) is 11.1. The van der Waals surface area contributed by atoms with Gasteiger partial charge in [0.25, 0.3) is 0 Å². The Balaban J connectivity index is 1.76. The monoisotopic (exact) mass is 254 g/mol. The summed E-state index contributed by atoms with van der Waals surface area (Å²) in [7, 11) is 0. The predicted octanol–water partition coefficient (Wildman–Crippen LogP) is 1.27. The standard InChI is InChI=1S/C13H22N2O3/c1-2-18-13(17)15-9-7-14(8-10-15)11-3-5-12(16)6-4-11/h11H,2-10H2,1H3. The lowest BCUT2D eigenvalue weighted by Crippen LogP contribution is -2.52. The summed E-state index contributed by atoms with van der Waals surface area (Å²) in [6.07, 6.45) is 3.22. The fourth-order valence-corrected chi connectivity index (χ4v) is 2.77. The number of rotatable bonds is 2. The van der Waals surface area contributed by atoms with Crippen molar-refractivity contribution < 1.29 is 14.3 Å². The number of Topliss-reactive ketones (excluding diaryl/α,β-unsaturated/α-hetero) is 1. The van der Waals surface area contributed by atoms with Gasteiger partial charge in [0.2, 0.25) is 0 Å². The van der Waals surface area contributed by atoms with E-state index in [-0.39, 0.29) is 6.09 Å². The van der Waals surface area contributed by atoms with Crippen molar-refractivity contribution in [1.82, 2.24) is 9.80 Å². The van der Waals surface area contributed by atoms with E-state index in [4.69, 9.17) is 4.74 Å². The van der Waals surface area contributed by atoms with Crippen LogP contribution >= 0.6 is 0 Å². The highest BCUT2D eigenvalue weighted by atomic mass is 16.6. The SMILES string of the molecule is CCOC(=O)N1CCN(C2CCC(=O)CC2)CC1. The number of nitrogens with zero attached hydrogens (tertiary/aromatic N) is 2. The van der Waals surface area contributed by atoms with Crippen LogP contribution in [0.2, 0.25) is 0 Å². The number of amides is 1. The molecular formula is C13H22N2O3. The Labute approximate surface area is 108 Å². The van der Waals surface area contributed by atoms with Gasteiger partial charge in [0.15, 0.2) is 0 Å². The first-order chi connectivity index (χ1) is 8.70. The van der Waals surface area contributed by atoms with E-state index in [1.165, 1.54) is 0 Å². The molecule has 5 nitrogen and oxygen atoms in total. The minimum absolute atomic E-state index is 0.198. The third kappa shape index (κ3) is 3.22. The molecule has 1 amide bonds. The smallest absolute Gasteiger partial charge is 0.409 e. The Morgan fingerprint density at radius 3 is 2.39 bits per heavy atom. The van der Waals surface area contributed by atoms with Crippen LogP contribution in [-0.4, -0.2) is 60.5 Å². The zero-order valence-electron chi connectivity index (χ0n) is 11.1. The van der Waals surface area contributed by atoms with Crippen LogP contribution in [0.5, 0.6) is 0 Å².